The number of rotatable bonds is 8. The third-order valence-corrected chi connectivity index (χ3v) is 6.94. The Bertz CT molecular complexity index is 713. The molecule has 1 unspecified atom stereocenters. The fraction of sp³-hybridized carbons (Fsp3) is 0.750. The van der Waals surface area contributed by atoms with Gasteiger partial charge in [0, 0.05) is 36.9 Å². The number of likely N-dealkylation sites (tertiary alicyclic amines) is 1. The molecule has 1 saturated carbocycles. The Balaban J connectivity index is 1.58. The normalized spacial score (nSPS) is 22.4. The lowest BCUT2D eigenvalue weighted by atomic mass is 9.89. The van der Waals surface area contributed by atoms with Crippen molar-refractivity contribution in [3.05, 3.63) is 29.6 Å². The lowest BCUT2D eigenvalue weighted by Gasteiger charge is -2.34. The highest BCUT2D eigenvalue weighted by Crippen LogP contribution is 2.34. The summed E-state index contributed by atoms with van der Waals surface area (Å²) in [5, 5.41) is 4.84. The summed E-state index contributed by atoms with van der Waals surface area (Å²) in [6, 6.07) is 0.556. The number of carbonyl (C=O) groups is 1. The quantitative estimate of drug-likeness (QED) is 0.620. The Labute approximate surface area is 176 Å². The third kappa shape index (κ3) is 4.76. The highest BCUT2D eigenvalue weighted by molar-refractivity contribution is 5.94. The van der Waals surface area contributed by atoms with E-state index >= 15 is 0 Å². The summed E-state index contributed by atoms with van der Waals surface area (Å²) in [4.78, 5) is 18.2. The number of fused-ring (bicyclic) bond motifs is 1. The van der Waals surface area contributed by atoms with Gasteiger partial charge in [-0.15, -0.1) is 6.58 Å². The van der Waals surface area contributed by atoms with Crippen LogP contribution in [0.1, 0.15) is 80.0 Å². The van der Waals surface area contributed by atoms with Crippen LogP contribution in [0.15, 0.2) is 12.7 Å². The molecule has 1 aliphatic heterocycles. The first-order valence-electron chi connectivity index (χ1n) is 11.9. The Hall–Kier alpha value is -1.62. The Morgan fingerprint density at radius 1 is 1.21 bits per heavy atom. The Morgan fingerprint density at radius 3 is 2.62 bits per heavy atom. The van der Waals surface area contributed by atoms with E-state index in [4.69, 9.17) is 5.10 Å². The van der Waals surface area contributed by atoms with Crippen molar-refractivity contribution in [1.82, 2.24) is 19.6 Å². The van der Waals surface area contributed by atoms with Gasteiger partial charge in [0.05, 0.1) is 6.54 Å². The first-order valence-corrected chi connectivity index (χ1v) is 11.9. The predicted octanol–water partition coefficient (Wildman–Crippen LogP) is 4.06. The maximum atomic E-state index is 13.4. The monoisotopic (exact) mass is 398 g/mol. The summed E-state index contributed by atoms with van der Waals surface area (Å²) in [6.07, 6.45) is 13.8. The topological polar surface area (TPSA) is 41.4 Å². The van der Waals surface area contributed by atoms with Gasteiger partial charge in [0.2, 0.25) is 0 Å². The van der Waals surface area contributed by atoms with Crippen LogP contribution in [-0.4, -0.2) is 57.7 Å². The van der Waals surface area contributed by atoms with Gasteiger partial charge < -0.3 is 4.90 Å². The van der Waals surface area contributed by atoms with Gasteiger partial charge in [0.1, 0.15) is 0 Å². The molecule has 0 N–H and O–H groups in total. The first kappa shape index (κ1) is 20.6. The van der Waals surface area contributed by atoms with Crippen LogP contribution >= 0.6 is 0 Å². The van der Waals surface area contributed by atoms with Crippen molar-refractivity contribution < 1.29 is 4.79 Å². The minimum absolute atomic E-state index is 0.163. The van der Waals surface area contributed by atoms with Crippen LogP contribution in [0.2, 0.25) is 0 Å². The van der Waals surface area contributed by atoms with Crippen molar-refractivity contribution in [2.45, 2.75) is 83.7 Å². The van der Waals surface area contributed by atoms with Crippen molar-refractivity contribution in [2.24, 2.45) is 5.92 Å². The molecule has 2 heterocycles. The first-order chi connectivity index (χ1) is 14.2. The molecule has 1 atom stereocenters. The fourth-order valence-electron chi connectivity index (χ4n) is 5.19. The zero-order valence-corrected chi connectivity index (χ0v) is 18.2. The van der Waals surface area contributed by atoms with Gasteiger partial charge in [-0.05, 0) is 63.8 Å². The van der Waals surface area contributed by atoms with Gasteiger partial charge in [-0.1, -0.05) is 25.8 Å². The molecule has 160 valence electrons. The second kappa shape index (κ2) is 9.46. The van der Waals surface area contributed by atoms with Crippen LogP contribution in [0.3, 0.4) is 0 Å². The van der Waals surface area contributed by atoms with Crippen molar-refractivity contribution in [2.75, 3.05) is 26.2 Å². The van der Waals surface area contributed by atoms with Gasteiger partial charge in [-0.3, -0.25) is 14.4 Å². The average molecular weight is 399 g/mol. The molecule has 1 aromatic rings. The smallest absolute Gasteiger partial charge is 0.274 e. The van der Waals surface area contributed by atoms with Crippen molar-refractivity contribution in [3.8, 4) is 0 Å². The molecule has 3 aliphatic rings. The Morgan fingerprint density at radius 2 is 1.97 bits per heavy atom. The van der Waals surface area contributed by atoms with Gasteiger partial charge >= 0.3 is 0 Å². The molecule has 2 aliphatic carbocycles. The fourth-order valence-corrected chi connectivity index (χ4v) is 5.19. The standard InChI is InChI=1S/C24H38N4O/c1-3-13-27(18-19-9-10-19)20-11-12-22-21(17-20)23(25-28(22)14-4-2)24(29)26-15-7-5-6-8-16-26/h4,19-20H,2-3,5-18H2,1H3. The van der Waals surface area contributed by atoms with Crippen LogP contribution in [0, 0.1) is 5.92 Å². The molecule has 4 rings (SSSR count). The number of aromatic nitrogens is 2. The summed E-state index contributed by atoms with van der Waals surface area (Å²) in [5.74, 6) is 1.07. The summed E-state index contributed by atoms with van der Waals surface area (Å²) >= 11 is 0. The summed E-state index contributed by atoms with van der Waals surface area (Å²) in [6.45, 7) is 11.1. The number of amides is 1. The maximum absolute atomic E-state index is 13.4. The highest BCUT2D eigenvalue weighted by Gasteiger charge is 2.34. The van der Waals surface area contributed by atoms with Gasteiger partial charge in [0.25, 0.3) is 5.91 Å². The van der Waals surface area contributed by atoms with E-state index < -0.39 is 0 Å². The molecule has 0 radical (unpaired) electrons. The molecule has 0 bridgehead atoms. The molecule has 0 aromatic carbocycles. The minimum atomic E-state index is 0.163. The minimum Gasteiger partial charge on any atom is -0.337 e. The average Bonchev–Trinajstić information content (AvgIpc) is 3.52. The maximum Gasteiger partial charge on any atom is 0.274 e. The number of hydrogen-bond donors (Lipinski definition) is 0. The van der Waals surface area contributed by atoms with E-state index in [0.29, 0.717) is 12.6 Å². The summed E-state index contributed by atoms with van der Waals surface area (Å²) < 4.78 is 2.05. The summed E-state index contributed by atoms with van der Waals surface area (Å²) in [5.41, 5.74) is 3.24. The molecule has 5 heteroatoms. The van der Waals surface area contributed by atoms with E-state index in [1.165, 1.54) is 62.9 Å². The molecule has 2 fully saturated rings. The largest absolute Gasteiger partial charge is 0.337 e. The van der Waals surface area contributed by atoms with Gasteiger partial charge in [0.15, 0.2) is 5.69 Å². The Kier molecular flexibility index (Phi) is 6.74. The zero-order valence-electron chi connectivity index (χ0n) is 18.2. The van der Waals surface area contributed by atoms with E-state index in [2.05, 4.69) is 28.0 Å². The number of carbonyl (C=O) groups excluding carboxylic acids is 1. The molecule has 1 aromatic heterocycles. The van der Waals surface area contributed by atoms with Crippen molar-refractivity contribution >= 4 is 5.91 Å². The number of allylic oxidation sites excluding steroid dienone is 1. The predicted molar refractivity (Wildman–Crippen MR) is 117 cm³/mol. The van der Waals surface area contributed by atoms with Crippen molar-refractivity contribution in [3.63, 3.8) is 0 Å². The lowest BCUT2D eigenvalue weighted by Crippen LogP contribution is -2.41. The molecule has 29 heavy (non-hydrogen) atoms. The molecule has 5 nitrogen and oxygen atoms in total. The van der Waals surface area contributed by atoms with Crippen LogP contribution in [0.25, 0.3) is 0 Å². The number of hydrogen-bond acceptors (Lipinski definition) is 3. The SMILES string of the molecule is C=CCn1nc(C(=O)N2CCCCCC2)c2c1CCC(N(CCC)CC1CC1)C2. The summed E-state index contributed by atoms with van der Waals surface area (Å²) in [7, 11) is 0. The van der Waals surface area contributed by atoms with Crippen LogP contribution in [0.4, 0.5) is 0 Å². The van der Waals surface area contributed by atoms with Crippen LogP contribution in [0.5, 0.6) is 0 Å². The van der Waals surface area contributed by atoms with Gasteiger partial charge in [-0.2, -0.15) is 5.10 Å². The number of nitrogens with zero attached hydrogens (tertiary/aromatic N) is 4. The van der Waals surface area contributed by atoms with E-state index in [9.17, 15) is 4.79 Å². The van der Waals surface area contributed by atoms with Gasteiger partial charge in [-0.25, -0.2) is 0 Å². The van der Waals surface area contributed by atoms with E-state index in [-0.39, 0.29) is 5.91 Å². The van der Waals surface area contributed by atoms with E-state index in [0.717, 1.165) is 50.4 Å². The van der Waals surface area contributed by atoms with Crippen LogP contribution in [-0.2, 0) is 19.4 Å². The zero-order chi connectivity index (χ0) is 20.2. The second-order valence-corrected chi connectivity index (χ2v) is 9.29. The molecular weight excluding hydrogens is 360 g/mol. The molecular formula is C24H38N4O. The van der Waals surface area contributed by atoms with Crippen molar-refractivity contribution in [1.29, 1.82) is 0 Å². The molecule has 0 spiro atoms. The van der Waals surface area contributed by atoms with E-state index in [1.807, 2.05) is 6.08 Å². The molecule has 1 saturated heterocycles. The second-order valence-electron chi connectivity index (χ2n) is 9.29. The van der Waals surface area contributed by atoms with Crippen LogP contribution < -0.4 is 0 Å². The highest BCUT2D eigenvalue weighted by atomic mass is 16.2. The molecule has 1 amide bonds. The lowest BCUT2D eigenvalue weighted by molar-refractivity contribution is 0.0752. The van der Waals surface area contributed by atoms with E-state index in [1.54, 1.807) is 0 Å². The third-order valence-electron chi connectivity index (χ3n) is 6.94.